The zero-order valence-corrected chi connectivity index (χ0v) is 15.4. The fourth-order valence-corrected chi connectivity index (χ4v) is 3.34. The number of fused-ring (bicyclic) bond motifs is 3. The Labute approximate surface area is 164 Å². The molecule has 0 radical (unpaired) electrons. The molecule has 2 aromatic heterocycles. The van der Waals surface area contributed by atoms with Crippen LogP contribution in [0.15, 0.2) is 71.4 Å². The fraction of sp³-hybridized carbons (Fsp3) is 0.0476. The van der Waals surface area contributed by atoms with Crippen LogP contribution in [0.3, 0.4) is 0 Å². The van der Waals surface area contributed by atoms with E-state index in [1.54, 1.807) is 31.4 Å². The summed E-state index contributed by atoms with van der Waals surface area (Å²) in [6.07, 6.45) is 1.44. The number of para-hydroxylation sites is 2. The molecule has 3 aromatic carbocycles. The number of aromatic nitrogens is 4. The molecule has 1 N–H and O–H groups in total. The molecule has 0 atom stereocenters. The SMILES string of the molecule is COc1cc2c(cc1NC(=O)c1ccccc1-n1cnnn1)oc1ccccc12. The average molecular weight is 385 g/mol. The van der Waals surface area contributed by atoms with Crippen molar-refractivity contribution in [1.82, 2.24) is 20.2 Å². The predicted octanol–water partition coefficient (Wildman–Crippen LogP) is 3.82. The molecular weight excluding hydrogens is 370 g/mol. The van der Waals surface area contributed by atoms with E-state index in [4.69, 9.17) is 9.15 Å². The third kappa shape index (κ3) is 2.87. The number of carbonyl (C=O) groups excluding carboxylic acids is 1. The van der Waals surface area contributed by atoms with Crippen LogP contribution in [0.1, 0.15) is 10.4 Å². The van der Waals surface area contributed by atoms with Crippen LogP contribution in [-0.2, 0) is 0 Å². The summed E-state index contributed by atoms with van der Waals surface area (Å²) in [6.45, 7) is 0. The lowest BCUT2D eigenvalue weighted by Gasteiger charge is -2.12. The van der Waals surface area contributed by atoms with Crippen LogP contribution in [0.25, 0.3) is 27.6 Å². The van der Waals surface area contributed by atoms with Crippen LogP contribution >= 0.6 is 0 Å². The van der Waals surface area contributed by atoms with E-state index >= 15 is 0 Å². The molecule has 8 nitrogen and oxygen atoms in total. The summed E-state index contributed by atoms with van der Waals surface area (Å²) in [5, 5.41) is 16.0. The van der Waals surface area contributed by atoms with Gasteiger partial charge in [0, 0.05) is 16.8 Å². The van der Waals surface area contributed by atoms with Crippen LogP contribution in [0.5, 0.6) is 5.75 Å². The Morgan fingerprint density at radius 1 is 1.03 bits per heavy atom. The third-order valence-electron chi connectivity index (χ3n) is 4.69. The number of furan rings is 1. The van der Waals surface area contributed by atoms with Gasteiger partial charge in [0.05, 0.1) is 24.0 Å². The van der Waals surface area contributed by atoms with Gasteiger partial charge in [-0.3, -0.25) is 4.79 Å². The van der Waals surface area contributed by atoms with Gasteiger partial charge in [0.1, 0.15) is 23.2 Å². The Morgan fingerprint density at radius 3 is 2.69 bits per heavy atom. The van der Waals surface area contributed by atoms with E-state index in [1.807, 2.05) is 36.4 Å². The van der Waals surface area contributed by atoms with E-state index in [0.29, 0.717) is 28.3 Å². The zero-order valence-electron chi connectivity index (χ0n) is 15.4. The van der Waals surface area contributed by atoms with Gasteiger partial charge in [0.25, 0.3) is 5.91 Å². The summed E-state index contributed by atoms with van der Waals surface area (Å²) in [7, 11) is 1.56. The Balaban J connectivity index is 1.57. The third-order valence-corrected chi connectivity index (χ3v) is 4.69. The number of ether oxygens (including phenoxy) is 1. The van der Waals surface area contributed by atoms with Gasteiger partial charge >= 0.3 is 0 Å². The van der Waals surface area contributed by atoms with Gasteiger partial charge in [0.15, 0.2) is 0 Å². The van der Waals surface area contributed by atoms with Crippen molar-refractivity contribution in [1.29, 1.82) is 0 Å². The van der Waals surface area contributed by atoms with Crippen molar-refractivity contribution in [3.8, 4) is 11.4 Å². The van der Waals surface area contributed by atoms with E-state index in [-0.39, 0.29) is 5.91 Å². The van der Waals surface area contributed by atoms with Crippen molar-refractivity contribution < 1.29 is 13.9 Å². The molecule has 29 heavy (non-hydrogen) atoms. The Morgan fingerprint density at radius 2 is 1.86 bits per heavy atom. The number of nitrogens with one attached hydrogen (secondary N) is 1. The van der Waals surface area contributed by atoms with Crippen LogP contribution in [-0.4, -0.2) is 33.2 Å². The number of carbonyl (C=O) groups is 1. The van der Waals surface area contributed by atoms with Gasteiger partial charge in [-0.05, 0) is 34.7 Å². The molecule has 142 valence electrons. The summed E-state index contributed by atoms with van der Waals surface area (Å²) in [6, 6.07) is 18.5. The summed E-state index contributed by atoms with van der Waals surface area (Å²) in [4.78, 5) is 13.0. The molecule has 5 rings (SSSR count). The molecule has 0 spiro atoms. The van der Waals surface area contributed by atoms with Crippen LogP contribution < -0.4 is 10.1 Å². The lowest BCUT2D eigenvalue weighted by molar-refractivity contribution is 0.102. The van der Waals surface area contributed by atoms with E-state index in [0.717, 1.165) is 16.4 Å². The molecule has 0 saturated carbocycles. The zero-order chi connectivity index (χ0) is 19.8. The molecule has 1 amide bonds. The van der Waals surface area contributed by atoms with Gasteiger partial charge in [-0.2, -0.15) is 4.68 Å². The molecule has 0 fully saturated rings. The fourth-order valence-electron chi connectivity index (χ4n) is 3.34. The second kappa shape index (κ2) is 6.75. The van der Waals surface area contributed by atoms with Crippen molar-refractivity contribution >= 4 is 33.5 Å². The Bertz CT molecular complexity index is 1340. The smallest absolute Gasteiger partial charge is 0.257 e. The standard InChI is InChI=1S/C21H15N5O3/c1-28-20-10-15-13-6-3-5-9-18(13)29-19(15)11-16(20)23-21(27)14-7-2-4-8-17(14)26-12-22-24-25-26/h2-12H,1H3,(H,23,27). The normalized spacial score (nSPS) is 11.1. The molecule has 0 aliphatic carbocycles. The number of tetrazole rings is 1. The molecule has 0 aliphatic heterocycles. The number of rotatable bonds is 4. The highest BCUT2D eigenvalue weighted by atomic mass is 16.5. The van der Waals surface area contributed by atoms with Crippen LogP contribution in [0.2, 0.25) is 0 Å². The quantitative estimate of drug-likeness (QED) is 0.505. The van der Waals surface area contributed by atoms with Gasteiger partial charge in [-0.1, -0.05) is 30.3 Å². The number of amides is 1. The van der Waals surface area contributed by atoms with Crippen molar-refractivity contribution in [2.24, 2.45) is 0 Å². The summed E-state index contributed by atoms with van der Waals surface area (Å²) < 4.78 is 12.9. The highest BCUT2D eigenvalue weighted by molar-refractivity contribution is 6.11. The van der Waals surface area contributed by atoms with E-state index in [1.165, 1.54) is 11.0 Å². The Hall–Kier alpha value is -4.20. The topological polar surface area (TPSA) is 95.1 Å². The van der Waals surface area contributed by atoms with E-state index < -0.39 is 0 Å². The lowest BCUT2D eigenvalue weighted by atomic mass is 10.1. The average Bonchev–Trinajstić information content (AvgIpc) is 3.41. The van der Waals surface area contributed by atoms with Gasteiger partial charge in [0.2, 0.25) is 0 Å². The maximum absolute atomic E-state index is 13.0. The molecule has 0 bridgehead atoms. The Kier molecular flexibility index (Phi) is 3.94. The van der Waals surface area contributed by atoms with Crippen molar-refractivity contribution in [3.63, 3.8) is 0 Å². The second-order valence-corrected chi connectivity index (χ2v) is 6.37. The van der Waals surface area contributed by atoms with Gasteiger partial charge in [-0.25, -0.2) is 0 Å². The van der Waals surface area contributed by atoms with Crippen molar-refractivity contribution in [2.45, 2.75) is 0 Å². The molecule has 0 aliphatic rings. The number of benzene rings is 3. The highest BCUT2D eigenvalue weighted by Crippen LogP contribution is 2.36. The first kappa shape index (κ1) is 16.9. The molecular formula is C21H15N5O3. The summed E-state index contributed by atoms with van der Waals surface area (Å²) in [5.74, 6) is 0.224. The summed E-state index contributed by atoms with van der Waals surface area (Å²) in [5.41, 5.74) is 2.94. The molecule has 5 aromatic rings. The first-order chi connectivity index (χ1) is 14.2. The number of hydrogen-bond acceptors (Lipinski definition) is 6. The maximum atomic E-state index is 13.0. The molecule has 8 heteroatoms. The monoisotopic (exact) mass is 385 g/mol. The van der Waals surface area contributed by atoms with Crippen molar-refractivity contribution in [2.75, 3.05) is 12.4 Å². The van der Waals surface area contributed by atoms with Crippen molar-refractivity contribution in [3.05, 3.63) is 72.6 Å². The first-order valence-corrected chi connectivity index (χ1v) is 8.87. The maximum Gasteiger partial charge on any atom is 0.257 e. The highest BCUT2D eigenvalue weighted by Gasteiger charge is 2.17. The van der Waals surface area contributed by atoms with E-state index in [9.17, 15) is 4.79 Å². The second-order valence-electron chi connectivity index (χ2n) is 6.37. The minimum absolute atomic E-state index is 0.315. The van der Waals surface area contributed by atoms with Crippen LogP contribution in [0, 0.1) is 0 Å². The van der Waals surface area contributed by atoms with Gasteiger partial charge in [-0.15, -0.1) is 5.10 Å². The molecule has 0 saturated heterocycles. The first-order valence-electron chi connectivity index (χ1n) is 8.87. The predicted molar refractivity (Wildman–Crippen MR) is 107 cm³/mol. The number of anilines is 1. The van der Waals surface area contributed by atoms with Gasteiger partial charge < -0.3 is 14.5 Å². The number of methoxy groups -OCH3 is 1. The minimum Gasteiger partial charge on any atom is -0.495 e. The summed E-state index contributed by atoms with van der Waals surface area (Å²) >= 11 is 0. The molecule has 0 unspecified atom stereocenters. The van der Waals surface area contributed by atoms with Crippen LogP contribution in [0.4, 0.5) is 5.69 Å². The lowest BCUT2D eigenvalue weighted by Crippen LogP contribution is -2.15. The number of hydrogen-bond donors (Lipinski definition) is 1. The molecule has 2 heterocycles. The van der Waals surface area contributed by atoms with E-state index in [2.05, 4.69) is 20.8 Å². The minimum atomic E-state index is -0.315. The largest absolute Gasteiger partial charge is 0.495 e. The number of nitrogens with zero attached hydrogens (tertiary/aromatic N) is 4.